The summed E-state index contributed by atoms with van der Waals surface area (Å²) in [5.41, 5.74) is 0.483. The van der Waals surface area contributed by atoms with Gasteiger partial charge in [-0.25, -0.2) is 4.79 Å². The van der Waals surface area contributed by atoms with E-state index in [2.05, 4.69) is 10.6 Å². The van der Waals surface area contributed by atoms with E-state index in [0.29, 0.717) is 12.3 Å². The topological polar surface area (TPSA) is 53.6 Å². The minimum Gasteiger partial charge on any atom is -0.497 e. The molecule has 8 heteroatoms. The fourth-order valence-corrected chi connectivity index (χ4v) is 2.55. The van der Waals surface area contributed by atoms with E-state index in [-0.39, 0.29) is 11.7 Å². The van der Waals surface area contributed by atoms with E-state index in [1.54, 1.807) is 7.11 Å². The second kappa shape index (κ2) is 8.77. The maximum atomic E-state index is 12.6. The Hall–Kier alpha value is -2.74. The Kier molecular flexibility index (Phi) is 6.68. The Morgan fingerprint density at radius 3 is 2.37 bits per heavy atom. The molecule has 2 aromatic carbocycles. The van der Waals surface area contributed by atoms with Gasteiger partial charge in [0.15, 0.2) is 0 Å². The van der Waals surface area contributed by atoms with Crippen molar-refractivity contribution in [3.8, 4) is 5.75 Å². The molecule has 1 atom stereocenters. The lowest BCUT2D eigenvalue weighted by Gasteiger charge is -2.25. The summed E-state index contributed by atoms with van der Waals surface area (Å²) in [5, 5.41) is 5.27. The van der Waals surface area contributed by atoms with Gasteiger partial charge < -0.3 is 20.3 Å². The average Bonchev–Trinajstić information content (AvgIpc) is 2.61. The van der Waals surface area contributed by atoms with Crippen LogP contribution in [0, 0.1) is 0 Å². The predicted octanol–water partition coefficient (Wildman–Crippen LogP) is 4.14. The van der Waals surface area contributed by atoms with Crippen LogP contribution in [0.25, 0.3) is 0 Å². The van der Waals surface area contributed by atoms with E-state index in [1.807, 2.05) is 43.3 Å². The van der Waals surface area contributed by atoms with Gasteiger partial charge in [0, 0.05) is 12.2 Å². The number of hydrogen-bond donors (Lipinski definition) is 2. The highest BCUT2D eigenvalue weighted by atomic mass is 19.4. The number of carbonyl (C=O) groups is 1. The van der Waals surface area contributed by atoms with Crippen molar-refractivity contribution in [1.29, 1.82) is 0 Å². The fourth-order valence-electron chi connectivity index (χ4n) is 2.55. The fraction of sp³-hybridized carbons (Fsp3) is 0.316. The van der Waals surface area contributed by atoms with Gasteiger partial charge in [-0.1, -0.05) is 12.1 Å². The minimum absolute atomic E-state index is 0.0987. The Morgan fingerprint density at radius 1 is 1.15 bits per heavy atom. The van der Waals surface area contributed by atoms with Gasteiger partial charge in [0.25, 0.3) is 0 Å². The van der Waals surface area contributed by atoms with Crippen LogP contribution in [-0.4, -0.2) is 38.7 Å². The second-order valence-corrected chi connectivity index (χ2v) is 6.17. The van der Waals surface area contributed by atoms with Crippen LogP contribution in [0.4, 0.5) is 23.7 Å². The van der Waals surface area contributed by atoms with Crippen molar-refractivity contribution in [3.05, 3.63) is 59.7 Å². The number of amides is 2. The first kappa shape index (κ1) is 20.6. The van der Waals surface area contributed by atoms with Gasteiger partial charge in [0.05, 0.1) is 18.7 Å². The Morgan fingerprint density at radius 2 is 1.81 bits per heavy atom. The quantitative estimate of drug-likeness (QED) is 0.791. The van der Waals surface area contributed by atoms with E-state index in [4.69, 9.17) is 4.74 Å². The molecule has 0 aliphatic rings. The summed E-state index contributed by atoms with van der Waals surface area (Å²) in [5.74, 6) is 0.716. The molecule has 1 unspecified atom stereocenters. The van der Waals surface area contributed by atoms with Crippen LogP contribution in [-0.2, 0) is 6.18 Å². The summed E-state index contributed by atoms with van der Waals surface area (Å²) in [4.78, 5) is 14.0. The highest BCUT2D eigenvalue weighted by molar-refractivity contribution is 5.89. The lowest BCUT2D eigenvalue weighted by atomic mass is 10.1. The summed E-state index contributed by atoms with van der Waals surface area (Å²) < 4.78 is 42.9. The number of likely N-dealkylation sites (N-methyl/N-ethyl adjacent to an activating group) is 1. The number of alkyl halides is 3. The predicted molar refractivity (Wildman–Crippen MR) is 97.9 cm³/mol. The largest absolute Gasteiger partial charge is 0.497 e. The minimum atomic E-state index is -4.41. The van der Waals surface area contributed by atoms with Crippen molar-refractivity contribution in [2.24, 2.45) is 0 Å². The number of nitrogens with one attached hydrogen (secondary N) is 2. The summed E-state index contributed by atoms with van der Waals surface area (Å²) in [6.07, 6.45) is -4.41. The number of nitrogens with zero attached hydrogens (tertiary/aromatic N) is 1. The van der Waals surface area contributed by atoms with Crippen molar-refractivity contribution in [3.63, 3.8) is 0 Å². The average molecular weight is 381 g/mol. The van der Waals surface area contributed by atoms with Crippen LogP contribution >= 0.6 is 0 Å². The molecular formula is C19H22F3N3O2. The summed E-state index contributed by atoms with van der Waals surface area (Å²) >= 11 is 0. The molecule has 2 amide bonds. The molecule has 0 spiro atoms. The second-order valence-electron chi connectivity index (χ2n) is 6.17. The standard InChI is InChI=1S/C19H22F3N3O2/c1-25(2)17(13-5-4-6-16(11-13)27-3)12-23-18(26)24-15-9-7-14(8-10-15)19(20,21)22/h4-11,17H,12H2,1-3H3,(H2,23,24,26). The maximum absolute atomic E-state index is 12.6. The monoisotopic (exact) mass is 381 g/mol. The zero-order valence-electron chi connectivity index (χ0n) is 15.3. The molecular weight excluding hydrogens is 359 g/mol. The van der Waals surface area contributed by atoms with Gasteiger partial charge in [0.1, 0.15) is 5.75 Å². The number of rotatable bonds is 6. The SMILES string of the molecule is COc1cccc(C(CNC(=O)Nc2ccc(C(F)(F)F)cc2)N(C)C)c1. The lowest BCUT2D eigenvalue weighted by Crippen LogP contribution is -2.36. The Bertz CT molecular complexity index is 762. The Balaban J connectivity index is 1.97. The molecule has 2 aromatic rings. The first-order chi connectivity index (χ1) is 12.7. The number of urea groups is 1. The van der Waals surface area contributed by atoms with Crippen LogP contribution in [0.5, 0.6) is 5.75 Å². The van der Waals surface area contributed by atoms with E-state index in [9.17, 15) is 18.0 Å². The van der Waals surface area contributed by atoms with Crippen LogP contribution in [0.15, 0.2) is 48.5 Å². The normalized spacial score (nSPS) is 12.6. The molecule has 0 saturated heterocycles. The van der Waals surface area contributed by atoms with E-state index >= 15 is 0 Å². The molecule has 27 heavy (non-hydrogen) atoms. The van der Waals surface area contributed by atoms with E-state index in [0.717, 1.165) is 17.7 Å². The van der Waals surface area contributed by atoms with E-state index in [1.165, 1.54) is 12.1 Å². The van der Waals surface area contributed by atoms with E-state index < -0.39 is 17.8 Å². The van der Waals surface area contributed by atoms with Crippen LogP contribution in [0.2, 0.25) is 0 Å². The summed E-state index contributed by atoms with van der Waals surface area (Å²) in [7, 11) is 5.36. The molecule has 0 fully saturated rings. The number of benzene rings is 2. The maximum Gasteiger partial charge on any atom is 0.416 e. The van der Waals surface area contributed by atoms with Gasteiger partial charge in [-0.2, -0.15) is 13.2 Å². The molecule has 0 radical (unpaired) electrons. The number of hydrogen-bond acceptors (Lipinski definition) is 3. The molecule has 146 valence electrons. The molecule has 2 rings (SSSR count). The molecule has 0 aliphatic heterocycles. The van der Waals surface area contributed by atoms with Crippen molar-refractivity contribution in [2.75, 3.05) is 33.1 Å². The third-order valence-electron chi connectivity index (χ3n) is 4.03. The molecule has 5 nitrogen and oxygen atoms in total. The van der Waals surface area contributed by atoms with Crippen LogP contribution in [0.3, 0.4) is 0 Å². The van der Waals surface area contributed by atoms with Crippen molar-refractivity contribution in [2.45, 2.75) is 12.2 Å². The number of methoxy groups -OCH3 is 1. The van der Waals surface area contributed by atoms with Gasteiger partial charge in [0.2, 0.25) is 0 Å². The zero-order valence-corrected chi connectivity index (χ0v) is 15.3. The molecule has 0 aliphatic carbocycles. The number of ether oxygens (including phenoxy) is 1. The van der Waals surface area contributed by atoms with Crippen LogP contribution in [0.1, 0.15) is 17.2 Å². The van der Waals surface area contributed by atoms with Gasteiger partial charge >= 0.3 is 12.2 Å². The van der Waals surface area contributed by atoms with Gasteiger partial charge in [-0.3, -0.25) is 0 Å². The number of anilines is 1. The van der Waals surface area contributed by atoms with Crippen molar-refractivity contribution >= 4 is 11.7 Å². The van der Waals surface area contributed by atoms with Crippen LogP contribution < -0.4 is 15.4 Å². The summed E-state index contributed by atoms with van der Waals surface area (Å²) in [6.45, 7) is 0.312. The highest BCUT2D eigenvalue weighted by Gasteiger charge is 2.30. The lowest BCUT2D eigenvalue weighted by molar-refractivity contribution is -0.137. The van der Waals surface area contributed by atoms with Gasteiger partial charge in [-0.15, -0.1) is 0 Å². The Labute approximate surface area is 156 Å². The number of carbonyl (C=O) groups excluding carboxylic acids is 1. The first-order valence-electron chi connectivity index (χ1n) is 8.23. The molecule has 0 saturated carbocycles. The third kappa shape index (κ3) is 5.89. The van der Waals surface area contributed by atoms with Crippen molar-refractivity contribution in [1.82, 2.24) is 10.2 Å². The zero-order chi connectivity index (χ0) is 20.0. The molecule has 0 aromatic heterocycles. The molecule has 2 N–H and O–H groups in total. The highest BCUT2D eigenvalue weighted by Crippen LogP contribution is 2.29. The van der Waals surface area contributed by atoms with Gasteiger partial charge in [-0.05, 0) is 56.1 Å². The molecule has 0 heterocycles. The summed E-state index contributed by atoms with van der Waals surface area (Å²) in [6, 6.07) is 11.2. The first-order valence-corrected chi connectivity index (χ1v) is 8.23. The number of halogens is 3. The molecule has 0 bridgehead atoms. The van der Waals surface area contributed by atoms with Crippen molar-refractivity contribution < 1.29 is 22.7 Å². The third-order valence-corrected chi connectivity index (χ3v) is 4.03. The smallest absolute Gasteiger partial charge is 0.416 e.